The fourth-order valence-corrected chi connectivity index (χ4v) is 6.92. The fraction of sp³-hybridized carbons (Fsp3) is 0.433. The molecule has 6 rings (SSSR count). The van der Waals surface area contributed by atoms with Crippen LogP contribution in [0.3, 0.4) is 0 Å². The Morgan fingerprint density at radius 2 is 1.49 bits per heavy atom. The molecule has 3 amide bonds. The number of aryl methyl sites for hydroxylation is 1. The number of hydrogen-bond acceptors (Lipinski definition) is 3. The molecule has 5 atom stereocenters. The first-order valence-corrected chi connectivity index (χ1v) is 13.0. The van der Waals surface area contributed by atoms with Crippen molar-refractivity contribution in [1.29, 1.82) is 0 Å². The maximum atomic E-state index is 13.8. The van der Waals surface area contributed by atoms with E-state index in [1.807, 2.05) is 55.5 Å². The monoisotopic (exact) mass is 468 g/mol. The molecule has 0 bridgehead atoms. The molecule has 4 aliphatic rings. The van der Waals surface area contributed by atoms with Gasteiger partial charge in [0.05, 0.1) is 29.5 Å². The molecule has 2 aliphatic heterocycles. The van der Waals surface area contributed by atoms with Crippen molar-refractivity contribution in [2.75, 3.05) is 4.90 Å². The van der Waals surface area contributed by atoms with Crippen molar-refractivity contribution in [2.24, 2.45) is 23.7 Å². The Labute approximate surface area is 206 Å². The third-order valence-corrected chi connectivity index (χ3v) is 8.64. The van der Waals surface area contributed by atoms with Crippen LogP contribution in [-0.4, -0.2) is 28.7 Å². The van der Waals surface area contributed by atoms with Crippen molar-refractivity contribution >= 4 is 23.4 Å². The Balaban J connectivity index is 1.35. The standard InChI is InChI=1S/C30H32N2O3/c1-19-15-17-22(18-16-19)32-28(33)24-14-8-13-23(25(24)29(32)34)26-27(20-9-4-2-5-10-20)31(30(26)35)21-11-6-3-7-12-21/h2,4-5,8-10,13,15-18,21,23-27H,3,6-7,11-12,14H2,1H3/t23-,24+,25-,26-,27+/m0/s1. The molecule has 0 spiro atoms. The predicted molar refractivity (Wildman–Crippen MR) is 134 cm³/mol. The second kappa shape index (κ2) is 8.78. The van der Waals surface area contributed by atoms with Gasteiger partial charge < -0.3 is 4.90 Å². The summed E-state index contributed by atoms with van der Waals surface area (Å²) in [5.41, 5.74) is 2.84. The Morgan fingerprint density at radius 3 is 2.20 bits per heavy atom. The van der Waals surface area contributed by atoms with Crippen LogP contribution in [-0.2, 0) is 14.4 Å². The Morgan fingerprint density at radius 1 is 0.771 bits per heavy atom. The van der Waals surface area contributed by atoms with Gasteiger partial charge in [0.25, 0.3) is 0 Å². The van der Waals surface area contributed by atoms with E-state index in [4.69, 9.17) is 0 Å². The molecule has 2 heterocycles. The molecule has 2 aliphatic carbocycles. The summed E-state index contributed by atoms with van der Waals surface area (Å²) in [5.74, 6) is -1.60. The average Bonchev–Trinajstić information content (AvgIpc) is 3.14. The number of likely N-dealkylation sites (tertiary alicyclic amines) is 1. The Hall–Kier alpha value is -3.21. The van der Waals surface area contributed by atoms with Crippen LogP contribution in [0.1, 0.15) is 55.7 Å². The third-order valence-electron chi connectivity index (χ3n) is 8.64. The highest BCUT2D eigenvalue weighted by molar-refractivity contribution is 6.22. The van der Waals surface area contributed by atoms with Crippen molar-refractivity contribution in [3.63, 3.8) is 0 Å². The number of allylic oxidation sites excluding steroid dienone is 2. The van der Waals surface area contributed by atoms with Crippen LogP contribution in [0.5, 0.6) is 0 Å². The van der Waals surface area contributed by atoms with E-state index in [9.17, 15) is 14.4 Å². The number of nitrogens with zero attached hydrogens (tertiary/aromatic N) is 2. The van der Waals surface area contributed by atoms with Crippen molar-refractivity contribution in [3.05, 3.63) is 77.9 Å². The summed E-state index contributed by atoms with van der Waals surface area (Å²) in [4.78, 5) is 44.5. The van der Waals surface area contributed by atoms with E-state index in [0.717, 1.165) is 36.8 Å². The van der Waals surface area contributed by atoms with Gasteiger partial charge in [0.15, 0.2) is 0 Å². The number of hydrogen-bond donors (Lipinski definition) is 0. The number of benzene rings is 2. The highest BCUT2D eigenvalue weighted by atomic mass is 16.2. The number of carbonyl (C=O) groups excluding carboxylic acids is 3. The predicted octanol–water partition coefficient (Wildman–Crippen LogP) is 5.21. The minimum atomic E-state index is -0.484. The highest BCUT2D eigenvalue weighted by Gasteiger charge is 2.60. The second-order valence-corrected chi connectivity index (χ2v) is 10.6. The number of amides is 3. The van der Waals surface area contributed by atoms with Gasteiger partial charge in [-0.1, -0.05) is 79.4 Å². The number of fused-ring (bicyclic) bond motifs is 1. The maximum absolute atomic E-state index is 13.8. The fourth-order valence-electron chi connectivity index (χ4n) is 6.92. The van der Waals surface area contributed by atoms with Crippen LogP contribution in [0.2, 0.25) is 0 Å². The molecule has 2 aromatic rings. The van der Waals surface area contributed by atoms with Crippen LogP contribution in [0.25, 0.3) is 0 Å². The molecule has 0 N–H and O–H groups in total. The molecule has 0 radical (unpaired) electrons. The van der Waals surface area contributed by atoms with Gasteiger partial charge in [-0.15, -0.1) is 0 Å². The first-order chi connectivity index (χ1) is 17.1. The highest BCUT2D eigenvalue weighted by Crippen LogP contribution is 2.53. The van der Waals surface area contributed by atoms with E-state index in [2.05, 4.69) is 23.1 Å². The summed E-state index contributed by atoms with van der Waals surface area (Å²) in [7, 11) is 0. The zero-order chi connectivity index (χ0) is 24.1. The van der Waals surface area contributed by atoms with E-state index in [1.54, 1.807) is 0 Å². The smallest absolute Gasteiger partial charge is 0.238 e. The second-order valence-electron chi connectivity index (χ2n) is 10.6. The number of anilines is 1. The number of carbonyl (C=O) groups is 3. The van der Waals surface area contributed by atoms with Gasteiger partial charge in [-0.05, 0) is 43.9 Å². The molecule has 0 aromatic heterocycles. The van der Waals surface area contributed by atoms with E-state index >= 15 is 0 Å². The zero-order valence-electron chi connectivity index (χ0n) is 20.2. The van der Waals surface area contributed by atoms with Crippen molar-refractivity contribution in [3.8, 4) is 0 Å². The molecule has 35 heavy (non-hydrogen) atoms. The molecule has 5 nitrogen and oxygen atoms in total. The summed E-state index contributed by atoms with van der Waals surface area (Å²) in [6.07, 6.45) is 10.3. The van der Waals surface area contributed by atoms with Crippen molar-refractivity contribution in [2.45, 2.75) is 57.5 Å². The largest absolute Gasteiger partial charge is 0.332 e. The first kappa shape index (κ1) is 22.3. The van der Waals surface area contributed by atoms with Crippen molar-refractivity contribution < 1.29 is 14.4 Å². The van der Waals surface area contributed by atoms with Crippen molar-refractivity contribution in [1.82, 2.24) is 4.90 Å². The lowest BCUT2D eigenvalue weighted by Gasteiger charge is -2.55. The van der Waals surface area contributed by atoms with Gasteiger partial charge in [-0.2, -0.15) is 0 Å². The topological polar surface area (TPSA) is 57.7 Å². The molecule has 180 valence electrons. The molecule has 3 fully saturated rings. The lowest BCUT2D eigenvalue weighted by molar-refractivity contribution is -0.169. The maximum Gasteiger partial charge on any atom is 0.238 e. The summed E-state index contributed by atoms with van der Waals surface area (Å²) in [6.45, 7) is 1.99. The molecule has 0 unspecified atom stereocenters. The van der Waals surface area contributed by atoms with Gasteiger partial charge in [-0.25, -0.2) is 0 Å². The first-order valence-electron chi connectivity index (χ1n) is 13.0. The molecule has 2 saturated heterocycles. The average molecular weight is 469 g/mol. The summed E-state index contributed by atoms with van der Waals surface area (Å²) in [6, 6.07) is 18.0. The van der Waals surface area contributed by atoms with Gasteiger partial charge in [0.1, 0.15) is 0 Å². The molecular formula is C30H32N2O3. The van der Waals surface area contributed by atoms with E-state index in [-0.39, 0.29) is 41.6 Å². The Kier molecular flexibility index (Phi) is 5.58. The summed E-state index contributed by atoms with van der Waals surface area (Å²) >= 11 is 0. The van der Waals surface area contributed by atoms with Crippen LogP contribution < -0.4 is 4.90 Å². The molecule has 2 aromatic carbocycles. The summed E-state index contributed by atoms with van der Waals surface area (Å²) in [5, 5.41) is 0. The van der Waals surface area contributed by atoms with E-state index in [1.165, 1.54) is 11.3 Å². The number of β-lactam (4-membered cyclic amide) rings is 1. The lowest BCUT2D eigenvalue weighted by Crippen LogP contribution is -2.62. The van der Waals surface area contributed by atoms with E-state index in [0.29, 0.717) is 12.1 Å². The number of imide groups is 1. The van der Waals surface area contributed by atoms with Crippen LogP contribution in [0, 0.1) is 30.6 Å². The van der Waals surface area contributed by atoms with Gasteiger partial charge in [-0.3, -0.25) is 19.3 Å². The minimum absolute atomic E-state index is 0.0449. The van der Waals surface area contributed by atoms with Crippen LogP contribution >= 0.6 is 0 Å². The minimum Gasteiger partial charge on any atom is -0.332 e. The van der Waals surface area contributed by atoms with Gasteiger partial charge >= 0.3 is 0 Å². The van der Waals surface area contributed by atoms with Crippen LogP contribution in [0.4, 0.5) is 5.69 Å². The lowest BCUT2D eigenvalue weighted by atomic mass is 9.64. The zero-order valence-corrected chi connectivity index (χ0v) is 20.2. The van der Waals surface area contributed by atoms with Crippen LogP contribution in [0.15, 0.2) is 66.7 Å². The molecular weight excluding hydrogens is 436 g/mol. The molecule has 1 saturated carbocycles. The Bertz CT molecular complexity index is 1170. The molecule has 5 heteroatoms. The van der Waals surface area contributed by atoms with Gasteiger partial charge in [0.2, 0.25) is 17.7 Å². The third kappa shape index (κ3) is 3.55. The van der Waals surface area contributed by atoms with Gasteiger partial charge in [0, 0.05) is 12.0 Å². The normalized spacial score (nSPS) is 31.0. The number of rotatable bonds is 4. The SMILES string of the molecule is Cc1ccc(N2C(=O)[C@H]3[C@@H]([C@@H]4C(=O)N(C5CCCCC5)[C@@H]4c4ccccc4)C=CC[C@H]3C2=O)cc1. The summed E-state index contributed by atoms with van der Waals surface area (Å²) < 4.78 is 0. The van der Waals surface area contributed by atoms with E-state index < -0.39 is 11.8 Å². The quantitative estimate of drug-likeness (QED) is 0.352.